The molecule has 0 aromatic carbocycles. The molecule has 0 saturated carbocycles. The van der Waals surface area contributed by atoms with Gasteiger partial charge in [-0.25, -0.2) is 0 Å². The number of carbonyl (C=O) groups excluding carboxylic acids is 2. The smallest absolute Gasteiger partial charge is 0.550 e. The van der Waals surface area contributed by atoms with E-state index in [1.54, 1.807) is 0 Å². The van der Waals surface area contributed by atoms with Crippen molar-refractivity contribution in [1.29, 1.82) is 0 Å². The number of carboxylic acids is 2. The van der Waals surface area contributed by atoms with Gasteiger partial charge in [0, 0.05) is 11.9 Å². The Bertz CT molecular complexity index is 78.8. The van der Waals surface area contributed by atoms with Crippen LogP contribution in [0.25, 0.3) is 0 Å². The molecule has 0 bridgehead atoms. The molecule has 0 atom stereocenters. The summed E-state index contributed by atoms with van der Waals surface area (Å²) in [6.07, 6.45) is 0. The molecule has 0 unspecified atom stereocenters. The summed E-state index contributed by atoms with van der Waals surface area (Å²) in [5.74, 6) is -2.17. The van der Waals surface area contributed by atoms with Crippen LogP contribution in [0.2, 0.25) is 0 Å². The first-order valence-electron chi connectivity index (χ1n) is 1.82. The predicted molar refractivity (Wildman–Crippen MR) is 43.0 cm³/mol. The molecular formula is C4H18Na2O10. The third-order valence-electron chi connectivity index (χ3n) is 0. The van der Waals surface area contributed by atoms with Gasteiger partial charge in [0.1, 0.15) is 0 Å². The monoisotopic (exact) mass is 272 g/mol. The molecule has 0 saturated heterocycles. The third kappa shape index (κ3) is 5630. The normalized spacial score (nSPS) is 3.12. The number of hydrogen-bond acceptors (Lipinski definition) is 4. The Hall–Kier alpha value is 0.700. The van der Waals surface area contributed by atoms with E-state index in [4.69, 9.17) is 19.8 Å². The second kappa shape index (κ2) is 75.6. The molecule has 0 rings (SSSR count). The van der Waals surface area contributed by atoms with Crippen molar-refractivity contribution in [1.82, 2.24) is 0 Å². The molecule has 12 heteroatoms. The summed E-state index contributed by atoms with van der Waals surface area (Å²) in [4.78, 5) is 17.8. The average Bonchev–Trinajstić information content (AvgIpc) is 1.25. The summed E-state index contributed by atoms with van der Waals surface area (Å²) in [6, 6.07) is 0. The maximum Gasteiger partial charge on any atom is 1.00 e. The van der Waals surface area contributed by atoms with E-state index in [-0.39, 0.29) is 92.0 Å². The van der Waals surface area contributed by atoms with E-state index in [1.165, 1.54) is 0 Å². The van der Waals surface area contributed by atoms with Crippen LogP contribution in [-0.4, -0.2) is 44.8 Å². The Balaban J connectivity index is -0.00000000375. The molecule has 0 aliphatic heterocycles. The number of carboxylic acid groups (broad SMARTS) is 2. The summed E-state index contributed by atoms with van der Waals surface area (Å²) in [6.45, 7) is 1.94. The second-order valence-electron chi connectivity index (χ2n) is 0.983. The summed E-state index contributed by atoms with van der Waals surface area (Å²) in [7, 11) is 0. The topological polar surface area (TPSA) is 269 Å². The van der Waals surface area contributed by atoms with Gasteiger partial charge in [0.2, 0.25) is 0 Å². The van der Waals surface area contributed by atoms with Crippen LogP contribution in [-0.2, 0) is 9.59 Å². The van der Waals surface area contributed by atoms with Gasteiger partial charge in [0.15, 0.2) is 0 Å². The molecule has 0 radical (unpaired) electrons. The minimum absolute atomic E-state index is 0. The van der Waals surface area contributed by atoms with E-state index in [9.17, 15) is 0 Å². The molecule has 96 valence electrons. The summed E-state index contributed by atoms with van der Waals surface area (Å²) >= 11 is 0. The van der Waals surface area contributed by atoms with Crippen LogP contribution in [0.1, 0.15) is 13.8 Å². The molecule has 16 heavy (non-hydrogen) atoms. The SMILES string of the molecule is CC(=O)[O-].CC(=O)[O-].O.O.O.O.O.O.[Na+].[Na+]. The Labute approximate surface area is 136 Å². The summed E-state index contributed by atoms with van der Waals surface area (Å²) in [5.41, 5.74) is 0. The largest absolute Gasteiger partial charge is 1.00 e. The van der Waals surface area contributed by atoms with Crippen molar-refractivity contribution in [2.45, 2.75) is 13.8 Å². The maximum absolute atomic E-state index is 8.89. The quantitative estimate of drug-likeness (QED) is 0.388. The van der Waals surface area contributed by atoms with Crippen molar-refractivity contribution >= 4 is 11.9 Å². The van der Waals surface area contributed by atoms with Crippen molar-refractivity contribution < 1.29 is 112 Å². The van der Waals surface area contributed by atoms with Crippen LogP contribution in [0.15, 0.2) is 0 Å². The van der Waals surface area contributed by atoms with E-state index in [1.807, 2.05) is 0 Å². The Kier molecular flexibility index (Phi) is 433. The van der Waals surface area contributed by atoms with E-state index in [2.05, 4.69) is 0 Å². The van der Waals surface area contributed by atoms with Crippen molar-refractivity contribution in [3.8, 4) is 0 Å². The van der Waals surface area contributed by atoms with Gasteiger partial charge in [-0.05, 0) is 13.8 Å². The van der Waals surface area contributed by atoms with Gasteiger partial charge < -0.3 is 52.7 Å². The van der Waals surface area contributed by atoms with E-state index >= 15 is 0 Å². The molecule has 0 spiro atoms. The fraction of sp³-hybridized carbons (Fsp3) is 0.500. The summed E-state index contributed by atoms with van der Waals surface area (Å²) in [5, 5.41) is 17.8. The molecule has 0 heterocycles. The maximum atomic E-state index is 8.89. The zero-order chi connectivity index (χ0) is 7.15. The van der Waals surface area contributed by atoms with Crippen LogP contribution in [0.5, 0.6) is 0 Å². The van der Waals surface area contributed by atoms with E-state index in [0.717, 1.165) is 13.8 Å². The molecule has 0 aliphatic carbocycles. The van der Waals surface area contributed by atoms with Crippen LogP contribution >= 0.6 is 0 Å². The Morgan fingerprint density at radius 2 is 0.625 bits per heavy atom. The Morgan fingerprint density at radius 1 is 0.625 bits per heavy atom. The first-order valence-corrected chi connectivity index (χ1v) is 1.82. The molecular weight excluding hydrogens is 254 g/mol. The molecule has 0 amide bonds. The van der Waals surface area contributed by atoms with Crippen LogP contribution < -0.4 is 69.3 Å². The fourth-order valence-corrected chi connectivity index (χ4v) is 0. The fourth-order valence-electron chi connectivity index (χ4n) is 0. The molecule has 10 nitrogen and oxygen atoms in total. The van der Waals surface area contributed by atoms with Crippen molar-refractivity contribution in [2.24, 2.45) is 0 Å². The van der Waals surface area contributed by atoms with Crippen LogP contribution in [0, 0.1) is 0 Å². The van der Waals surface area contributed by atoms with Crippen molar-refractivity contribution in [3.63, 3.8) is 0 Å². The van der Waals surface area contributed by atoms with Crippen molar-refractivity contribution in [3.05, 3.63) is 0 Å². The first kappa shape index (κ1) is 91.7. The number of aliphatic carboxylic acids is 2. The van der Waals surface area contributed by atoms with Gasteiger partial charge in [0.05, 0.1) is 0 Å². The third-order valence-corrected chi connectivity index (χ3v) is 0. The van der Waals surface area contributed by atoms with Gasteiger partial charge in [-0.15, -0.1) is 0 Å². The minimum Gasteiger partial charge on any atom is -0.550 e. The zero-order valence-corrected chi connectivity index (χ0v) is 13.6. The van der Waals surface area contributed by atoms with Crippen molar-refractivity contribution in [2.75, 3.05) is 0 Å². The van der Waals surface area contributed by atoms with E-state index < -0.39 is 11.9 Å². The summed E-state index contributed by atoms with van der Waals surface area (Å²) < 4.78 is 0. The second-order valence-corrected chi connectivity index (χ2v) is 0.983. The van der Waals surface area contributed by atoms with Gasteiger partial charge in [-0.2, -0.15) is 0 Å². The van der Waals surface area contributed by atoms with Gasteiger partial charge >= 0.3 is 59.1 Å². The van der Waals surface area contributed by atoms with Gasteiger partial charge in [-0.1, -0.05) is 0 Å². The van der Waals surface area contributed by atoms with Gasteiger partial charge in [0.25, 0.3) is 0 Å². The zero-order valence-electron chi connectivity index (χ0n) is 9.63. The molecule has 0 aromatic heterocycles. The van der Waals surface area contributed by atoms with E-state index in [0.29, 0.717) is 0 Å². The predicted octanol–water partition coefficient (Wildman–Crippen LogP) is -13.4. The van der Waals surface area contributed by atoms with Crippen LogP contribution in [0.4, 0.5) is 0 Å². The first-order chi connectivity index (χ1) is 3.46. The molecule has 12 N–H and O–H groups in total. The van der Waals surface area contributed by atoms with Gasteiger partial charge in [-0.3, -0.25) is 0 Å². The molecule has 0 fully saturated rings. The molecule has 0 aliphatic rings. The number of carbonyl (C=O) groups is 2. The molecule has 0 aromatic rings. The van der Waals surface area contributed by atoms with Crippen LogP contribution in [0.3, 0.4) is 0 Å². The number of hydrogen-bond donors (Lipinski definition) is 0. The minimum atomic E-state index is -1.08. The Morgan fingerprint density at radius 3 is 0.625 bits per heavy atom. The standard InChI is InChI=1S/2C2H4O2.2Na.6H2O/c2*1-2(3)4;;;;;;;;/h2*1H3,(H,3,4);;;6*1H2/q;;2*+1;;;;;;/p-2. The number of rotatable bonds is 0. The average molecular weight is 272 g/mol.